The standard InChI is InChI=1S/C15H21NO2/c1-12(14-6-4-3-5-7-14)18-15(17)10-13-8-9-16(2)11-13/h3-7,12-13H,8-11H2,1-2H3/t12-,13+/m0/s1. The largest absolute Gasteiger partial charge is 0.458 e. The minimum Gasteiger partial charge on any atom is -0.458 e. The van der Waals surface area contributed by atoms with Crippen LogP contribution >= 0.6 is 0 Å². The van der Waals surface area contributed by atoms with Crippen LogP contribution in [-0.4, -0.2) is 31.0 Å². The van der Waals surface area contributed by atoms with Gasteiger partial charge in [-0.25, -0.2) is 0 Å². The summed E-state index contributed by atoms with van der Waals surface area (Å²) in [6, 6.07) is 9.87. The quantitative estimate of drug-likeness (QED) is 0.766. The van der Waals surface area contributed by atoms with Crippen LogP contribution < -0.4 is 0 Å². The van der Waals surface area contributed by atoms with Gasteiger partial charge in [0.15, 0.2) is 0 Å². The Labute approximate surface area is 109 Å². The predicted octanol–water partition coefficient (Wildman–Crippen LogP) is 2.63. The molecule has 1 heterocycles. The van der Waals surface area contributed by atoms with Gasteiger partial charge in [-0.05, 0) is 38.4 Å². The number of carbonyl (C=O) groups excluding carboxylic acids is 1. The summed E-state index contributed by atoms with van der Waals surface area (Å²) in [5.74, 6) is 0.386. The van der Waals surface area contributed by atoms with E-state index in [9.17, 15) is 4.79 Å². The van der Waals surface area contributed by atoms with E-state index < -0.39 is 0 Å². The highest BCUT2D eigenvalue weighted by Crippen LogP contribution is 2.21. The summed E-state index contributed by atoms with van der Waals surface area (Å²) in [6.45, 7) is 4.02. The highest BCUT2D eigenvalue weighted by atomic mass is 16.5. The number of rotatable bonds is 4. The summed E-state index contributed by atoms with van der Waals surface area (Å²) < 4.78 is 5.48. The maximum atomic E-state index is 11.8. The molecule has 0 aliphatic carbocycles. The first-order chi connectivity index (χ1) is 8.65. The lowest BCUT2D eigenvalue weighted by Crippen LogP contribution is -2.17. The van der Waals surface area contributed by atoms with Crippen LogP contribution in [-0.2, 0) is 9.53 Å². The minimum atomic E-state index is -0.155. The van der Waals surface area contributed by atoms with Crippen molar-refractivity contribution < 1.29 is 9.53 Å². The van der Waals surface area contributed by atoms with Crippen LogP contribution in [0.25, 0.3) is 0 Å². The van der Waals surface area contributed by atoms with E-state index in [0.717, 1.165) is 25.1 Å². The van der Waals surface area contributed by atoms with Gasteiger partial charge in [0.25, 0.3) is 0 Å². The van der Waals surface area contributed by atoms with Crippen LogP contribution in [0.15, 0.2) is 30.3 Å². The summed E-state index contributed by atoms with van der Waals surface area (Å²) in [5, 5.41) is 0. The van der Waals surface area contributed by atoms with E-state index in [0.29, 0.717) is 12.3 Å². The molecule has 2 atom stereocenters. The van der Waals surface area contributed by atoms with Gasteiger partial charge >= 0.3 is 5.97 Å². The van der Waals surface area contributed by atoms with Crippen molar-refractivity contribution in [3.05, 3.63) is 35.9 Å². The Morgan fingerprint density at radius 1 is 1.44 bits per heavy atom. The highest BCUT2D eigenvalue weighted by molar-refractivity contribution is 5.70. The van der Waals surface area contributed by atoms with Crippen molar-refractivity contribution >= 4 is 5.97 Å². The second kappa shape index (κ2) is 6.01. The van der Waals surface area contributed by atoms with Crippen LogP contribution in [0.3, 0.4) is 0 Å². The predicted molar refractivity (Wildman–Crippen MR) is 71.2 cm³/mol. The third kappa shape index (κ3) is 3.57. The Kier molecular flexibility index (Phi) is 4.37. The molecule has 0 saturated carbocycles. The van der Waals surface area contributed by atoms with Crippen LogP contribution in [0.2, 0.25) is 0 Å². The zero-order valence-corrected chi connectivity index (χ0v) is 11.1. The van der Waals surface area contributed by atoms with E-state index in [-0.39, 0.29) is 12.1 Å². The molecule has 0 radical (unpaired) electrons. The average Bonchev–Trinajstić information content (AvgIpc) is 2.75. The summed E-state index contributed by atoms with van der Waals surface area (Å²) in [6.07, 6.45) is 1.49. The van der Waals surface area contributed by atoms with Crippen molar-refractivity contribution in [1.82, 2.24) is 4.90 Å². The van der Waals surface area contributed by atoms with Crippen molar-refractivity contribution in [3.63, 3.8) is 0 Å². The number of carbonyl (C=O) groups is 1. The molecule has 18 heavy (non-hydrogen) atoms. The molecule has 1 aliphatic heterocycles. The normalized spacial score (nSPS) is 21.8. The van der Waals surface area contributed by atoms with E-state index in [1.54, 1.807) is 0 Å². The number of nitrogens with zero attached hydrogens (tertiary/aromatic N) is 1. The molecule has 1 aromatic rings. The molecule has 0 unspecified atom stereocenters. The van der Waals surface area contributed by atoms with Gasteiger partial charge in [0, 0.05) is 13.0 Å². The van der Waals surface area contributed by atoms with Crippen molar-refractivity contribution in [2.24, 2.45) is 5.92 Å². The van der Waals surface area contributed by atoms with Crippen molar-refractivity contribution in [2.75, 3.05) is 20.1 Å². The third-order valence-electron chi connectivity index (χ3n) is 3.52. The first kappa shape index (κ1) is 13.1. The average molecular weight is 247 g/mol. The molecule has 0 N–H and O–H groups in total. The molecule has 3 heteroatoms. The van der Waals surface area contributed by atoms with Gasteiger partial charge < -0.3 is 9.64 Å². The second-order valence-corrected chi connectivity index (χ2v) is 5.16. The lowest BCUT2D eigenvalue weighted by Gasteiger charge is -2.15. The highest BCUT2D eigenvalue weighted by Gasteiger charge is 2.23. The van der Waals surface area contributed by atoms with E-state index in [1.807, 2.05) is 37.3 Å². The van der Waals surface area contributed by atoms with E-state index in [2.05, 4.69) is 11.9 Å². The first-order valence-electron chi connectivity index (χ1n) is 6.58. The fourth-order valence-electron chi connectivity index (χ4n) is 2.47. The minimum absolute atomic E-state index is 0.0772. The Morgan fingerprint density at radius 2 is 2.17 bits per heavy atom. The van der Waals surface area contributed by atoms with Gasteiger partial charge in [0.05, 0.1) is 0 Å². The van der Waals surface area contributed by atoms with E-state index >= 15 is 0 Å². The summed E-state index contributed by atoms with van der Waals surface area (Å²) in [5.41, 5.74) is 1.05. The number of likely N-dealkylation sites (tertiary alicyclic amines) is 1. The Hall–Kier alpha value is -1.35. The molecule has 1 saturated heterocycles. The van der Waals surface area contributed by atoms with E-state index in [1.165, 1.54) is 0 Å². The lowest BCUT2D eigenvalue weighted by molar-refractivity contribution is -0.149. The molecule has 0 aromatic heterocycles. The van der Waals surface area contributed by atoms with Gasteiger partial charge in [-0.2, -0.15) is 0 Å². The molecule has 0 spiro atoms. The molecule has 98 valence electrons. The van der Waals surface area contributed by atoms with Gasteiger partial charge in [0.1, 0.15) is 6.10 Å². The topological polar surface area (TPSA) is 29.5 Å². The zero-order chi connectivity index (χ0) is 13.0. The maximum Gasteiger partial charge on any atom is 0.306 e. The van der Waals surface area contributed by atoms with Crippen LogP contribution in [0.4, 0.5) is 0 Å². The van der Waals surface area contributed by atoms with Crippen molar-refractivity contribution in [2.45, 2.75) is 25.9 Å². The van der Waals surface area contributed by atoms with Crippen LogP contribution in [0.5, 0.6) is 0 Å². The summed E-state index contributed by atoms with van der Waals surface area (Å²) in [7, 11) is 2.10. The summed E-state index contributed by atoms with van der Waals surface area (Å²) in [4.78, 5) is 14.1. The van der Waals surface area contributed by atoms with Gasteiger partial charge in [0.2, 0.25) is 0 Å². The number of hydrogen-bond donors (Lipinski definition) is 0. The van der Waals surface area contributed by atoms with Crippen LogP contribution in [0, 0.1) is 5.92 Å². The van der Waals surface area contributed by atoms with Gasteiger partial charge in [-0.1, -0.05) is 30.3 Å². The van der Waals surface area contributed by atoms with Crippen molar-refractivity contribution in [1.29, 1.82) is 0 Å². The fourth-order valence-corrected chi connectivity index (χ4v) is 2.47. The molecule has 0 amide bonds. The Morgan fingerprint density at radius 3 is 2.78 bits per heavy atom. The Balaban J connectivity index is 1.81. The molecule has 3 nitrogen and oxygen atoms in total. The number of esters is 1. The molecular weight excluding hydrogens is 226 g/mol. The van der Waals surface area contributed by atoms with Crippen molar-refractivity contribution in [3.8, 4) is 0 Å². The van der Waals surface area contributed by atoms with Gasteiger partial charge in [-0.3, -0.25) is 4.79 Å². The second-order valence-electron chi connectivity index (χ2n) is 5.16. The molecule has 1 aliphatic rings. The van der Waals surface area contributed by atoms with E-state index in [4.69, 9.17) is 4.74 Å². The fraction of sp³-hybridized carbons (Fsp3) is 0.533. The molecular formula is C15H21NO2. The lowest BCUT2D eigenvalue weighted by atomic mass is 10.1. The smallest absolute Gasteiger partial charge is 0.306 e. The first-order valence-corrected chi connectivity index (χ1v) is 6.58. The Bertz CT molecular complexity index is 391. The molecule has 1 fully saturated rings. The van der Waals surface area contributed by atoms with Gasteiger partial charge in [-0.15, -0.1) is 0 Å². The number of ether oxygens (including phenoxy) is 1. The zero-order valence-electron chi connectivity index (χ0n) is 11.1. The molecule has 1 aromatic carbocycles. The monoisotopic (exact) mass is 247 g/mol. The number of hydrogen-bond acceptors (Lipinski definition) is 3. The number of benzene rings is 1. The van der Waals surface area contributed by atoms with Crippen LogP contribution in [0.1, 0.15) is 31.4 Å². The molecule has 0 bridgehead atoms. The summed E-state index contributed by atoms with van der Waals surface area (Å²) >= 11 is 0. The maximum absolute atomic E-state index is 11.8. The molecule has 2 rings (SSSR count). The SMILES string of the molecule is C[C@H](OC(=O)C[C@H]1CCN(C)C1)c1ccccc1. The third-order valence-corrected chi connectivity index (χ3v) is 3.52.